The first kappa shape index (κ1) is 16.7. The van der Waals surface area contributed by atoms with Gasteiger partial charge >= 0.3 is 5.97 Å². The number of ether oxygens (including phenoxy) is 1. The van der Waals surface area contributed by atoms with E-state index >= 15 is 0 Å². The summed E-state index contributed by atoms with van der Waals surface area (Å²) < 4.78 is 5.49. The molecule has 4 nitrogen and oxygen atoms in total. The fourth-order valence-electron chi connectivity index (χ4n) is 6.30. The van der Waals surface area contributed by atoms with Crippen LogP contribution < -0.4 is 0 Å². The molecule has 1 aliphatic heterocycles. The fourth-order valence-corrected chi connectivity index (χ4v) is 6.30. The Morgan fingerprint density at radius 1 is 1.20 bits per heavy atom. The van der Waals surface area contributed by atoms with Crippen molar-refractivity contribution in [1.82, 2.24) is 0 Å². The van der Waals surface area contributed by atoms with Crippen LogP contribution in [-0.4, -0.2) is 23.6 Å². The summed E-state index contributed by atoms with van der Waals surface area (Å²) in [6.07, 6.45) is 9.21. The molecule has 0 amide bonds. The minimum absolute atomic E-state index is 0.0373. The van der Waals surface area contributed by atoms with Crippen molar-refractivity contribution in [2.45, 2.75) is 59.0 Å². The van der Waals surface area contributed by atoms with Crippen molar-refractivity contribution in [2.75, 3.05) is 0 Å². The first-order valence-electron chi connectivity index (χ1n) is 9.40. The second-order valence-electron chi connectivity index (χ2n) is 8.83. The van der Waals surface area contributed by atoms with Gasteiger partial charge in [-0.25, -0.2) is 0 Å². The molecule has 4 heteroatoms. The predicted molar refractivity (Wildman–Crippen MR) is 92.6 cm³/mol. The van der Waals surface area contributed by atoms with E-state index in [1.165, 1.54) is 12.5 Å². The lowest BCUT2D eigenvalue weighted by molar-refractivity contribution is -0.193. The van der Waals surface area contributed by atoms with Gasteiger partial charge in [0.15, 0.2) is 17.7 Å². The van der Waals surface area contributed by atoms with Gasteiger partial charge in [-0.3, -0.25) is 14.4 Å². The summed E-state index contributed by atoms with van der Waals surface area (Å²) >= 11 is 0. The fraction of sp³-hybridized carbons (Fsp3) is 0.667. The predicted octanol–water partition coefficient (Wildman–Crippen LogP) is 3.41. The number of Topliss-reactive ketones (excluding diaryl/α,β-unsaturated/α-hetero) is 1. The zero-order valence-electron chi connectivity index (χ0n) is 15.2. The number of allylic oxidation sites excluding steroid dienone is 4. The van der Waals surface area contributed by atoms with E-state index < -0.39 is 6.10 Å². The Morgan fingerprint density at radius 3 is 2.68 bits per heavy atom. The monoisotopic (exact) mass is 342 g/mol. The number of ketones is 2. The quantitative estimate of drug-likeness (QED) is 0.685. The van der Waals surface area contributed by atoms with Crippen LogP contribution in [0.25, 0.3) is 0 Å². The van der Waals surface area contributed by atoms with Gasteiger partial charge < -0.3 is 4.74 Å². The van der Waals surface area contributed by atoms with Crippen molar-refractivity contribution in [3.8, 4) is 0 Å². The largest absolute Gasteiger partial charge is 0.454 e. The molecule has 4 rings (SSSR count). The maximum absolute atomic E-state index is 12.2. The molecular weight excluding hydrogens is 316 g/mol. The van der Waals surface area contributed by atoms with Gasteiger partial charge in [0.1, 0.15) is 0 Å². The summed E-state index contributed by atoms with van der Waals surface area (Å²) in [4.78, 5) is 36.2. The second-order valence-corrected chi connectivity index (χ2v) is 8.83. The minimum Gasteiger partial charge on any atom is -0.454 e. The van der Waals surface area contributed by atoms with E-state index in [-0.39, 0.29) is 34.3 Å². The van der Waals surface area contributed by atoms with E-state index in [1.54, 1.807) is 6.08 Å². The van der Waals surface area contributed by atoms with Crippen molar-refractivity contribution in [3.63, 3.8) is 0 Å². The average Bonchev–Trinajstić information content (AvgIpc) is 2.55. The van der Waals surface area contributed by atoms with Crippen LogP contribution in [0.5, 0.6) is 0 Å². The normalized spacial score (nSPS) is 45.6. The third kappa shape index (κ3) is 2.29. The third-order valence-corrected chi connectivity index (χ3v) is 7.60. The van der Waals surface area contributed by atoms with Crippen LogP contribution in [0.1, 0.15) is 52.9 Å². The molecule has 0 aromatic rings. The van der Waals surface area contributed by atoms with E-state index in [1.807, 2.05) is 6.08 Å². The molecule has 1 saturated heterocycles. The molecule has 3 fully saturated rings. The average molecular weight is 342 g/mol. The van der Waals surface area contributed by atoms with Crippen LogP contribution in [-0.2, 0) is 19.1 Å². The molecule has 1 heterocycles. The summed E-state index contributed by atoms with van der Waals surface area (Å²) in [5.74, 6) is 0.825. The Morgan fingerprint density at radius 2 is 1.96 bits per heavy atom. The molecule has 2 saturated carbocycles. The molecule has 0 spiro atoms. The Balaban J connectivity index is 1.72. The first-order chi connectivity index (χ1) is 11.8. The Hall–Kier alpha value is -1.71. The SMILES string of the molecule is CC(=O)[C@@H]1OC(=O)C[C@@H]2[C@@H]3CCC4=CC(=O)C=C[C@]4(C)[C@H]3CC[C@@]21C. The number of hydrogen-bond acceptors (Lipinski definition) is 4. The first-order valence-corrected chi connectivity index (χ1v) is 9.40. The van der Waals surface area contributed by atoms with Gasteiger partial charge in [0.05, 0.1) is 0 Å². The molecule has 134 valence electrons. The lowest BCUT2D eigenvalue weighted by atomic mass is 9.46. The zero-order chi connectivity index (χ0) is 18.0. The molecule has 0 N–H and O–H groups in total. The topological polar surface area (TPSA) is 60.4 Å². The van der Waals surface area contributed by atoms with Crippen LogP contribution in [0.4, 0.5) is 0 Å². The minimum atomic E-state index is -0.604. The molecular formula is C21H26O4. The smallest absolute Gasteiger partial charge is 0.306 e. The molecule has 0 radical (unpaired) electrons. The third-order valence-electron chi connectivity index (χ3n) is 7.60. The van der Waals surface area contributed by atoms with Crippen LogP contribution in [0.15, 0.2) is 23.8 Å². The van der Waals surface area contributed by atoms with Gasteiger partial charge in [-0.05, 0) is 62.5 Å². The van der Waals surface area contributed by atoms with Crippen molar-refractivity contribution >= 4 is 17.5 Å². The summed E-state index contributed by atoms with van der Waals surface area (Å²) in [5, 5.41) is 0. The lowest BCUT2D eigenvalue weighted by Crippen LogP contribution is -2.59. The number of hydrogen-bond donors (Lipinski definition) is 0. The molecule has 0 unspecified atom stereocenters. The zero-order valence-corrected chi connectivity index (χ0v) is 15.2. The summed E-state index contributed by atoms with van der Waals surface area (Å²) in [5.41, 5.74) is 0.893. The summed E-state index contributed by atoms with van der Waals surface area (Å²) in [7, 11) is 0. The summed E-state index contributed by atoms with van der Waals surface area (Å²) in [6.45, 7) is 5.92. The van der Waals surface area contributed by atoms with Crippen molar-refractivity contribution in [3.05, 3.63) is 23.8 Å². The number of esters is 1. The van der Waals surface area contributed by atoms with E-state index in [4.69, 9.17) is 4.74 Å². The lowest BCUT2D eigenvalue weighted by Gasteiger charge is -2.59. The molecule has 3 aliphatic carbocycles. The highest BCUT2D eigenvalue weighted by Crippen LogP contribution is 2.63. The highest BCUT2D eigenvalue weighted by atomic mass is 16.5. The molecule has 0 bridgehead atoms. The summed E-state index contributed by atoms with van der Waals surface area (Å²) in [6, 6.07) is 0. The van der Waals surface area contributed by atoms with Gasteiger partial charge in [-0.15, -0.1) is 0 Å². The van der Waals surface area contributed by atoms with E-state index in [0.29, 0.717) is 18.3 Å². The molecule has 25 heavy (non-hydrogen) atoms. The van der Waals surface area contributed by atoms with Crippen LogP contribution >= 0.6 is 0 Å². The van der Waals surface area contributed by atoms with Crippen LogP contribution in [0, 0.1) is 28.6 Å². The highest BCUT2D eigenvalue weighted by Gasteiger charge is 2.60. The molecule has 4 aliphatic rings. The van der Waals surface area contributed by atoms with Gasteiger partial charge in [0.25, 0.3) is 0 Å². The van der Waals surface area contributed by atoms with Gasteiger partial charge in [0, 0.05) is 17.3 Å². The number of fused-ring (bicyclic) bond motifs is 5. The Kier molecular flexibility index (Phi) is 3.61. The van der Waals surface area contributed by atoms with Gasteiger partial charge in [-0.2, -0.15) is 0 Å². The Labute approximate surface area is 148 Å². The highest BCUT2D eigenvalue weighted by molar-refractivity contribution is 6.01. The number of cyclic esters (lactones) is 1. The maximum Gasteiger partial charge on any atom is 0.306 e. The van der Waals surface area contributed by atoms with Crippen LogP contribution in [0.2, 0.25) is 0 Å². The van der Waals surface area contributed by atoms with E-state index in [0.717, 1.165) is 25.7 Å². The number of rotatable bonds is 1. The molecule has 6 atom stereocenters. The van der Waals surface area contributed by atoms with E-state index in [2.05, 4.69) is 19.9 Å². The maximum atomic E-state index is 12.2. The Bertz CT molecular complexity index is 717. The van der Waals surface area contributed by atoms with Crippen molar-refractivity contribution in [2.24, 2.45) is 28.6 Å². The second kappa shape index (κ2) is 5.39. The van der Waals surface area contributed by atoms with Crippen LogP contribution in [0.3, 0.4) is 0 Å². The number of carbonyl (C=O) groups excluding carboxylic acids is 3. The van der Waals surface area contributed by atoms with Gasteiger partial charge in [0.2, 0.25) is 0 Å². The number of carbonyl (C=O) groups is 3. The van der Waals surface area contributed by atoms with Crippen molar-refractivity contribution in [1.29, 1.82) is 0 Å². The van der Waals surface area contributed by atoms with E-state index in [9.17, 15) is 14.4 Å². The molecule has 0 aromatic carbocycles. The van der Waals surface area contributed by atoms with Crippen molar-refractivity contribution < 1.29 is 19.1 Å². The molecule has 0 aromatic heterocycles. The standard InChI is InChI=1S/C21H26O4/c1-12(22)19-21(3)9-7-16-15(17(21)11-18(24)25-19)5-4-13-10-14(23)6-8-20(13,16)2/h6,8,10,15-17,19H,4-5,7,9,11H2,1-3H3/t15-,16+,17-,19+,20+,21+/m1/s1. The van der Waals surface area contributed by atoms with Gasteiger partial charge in [-0.1, -0.05) is 25.5 Å².